The second kappa shape index (κ2) is 8.03. The molecule has 1 saturated carbocycles. The molecule has 0 atom stereocenters. The number of urea groups is 1. The molecular weight excluding hydrogens is 280 g/mol. The van der Waals surface area contributed by atoms with E-state index in [0.717, 1.165) is 49.1 Å². The zero-order valence-electron chi connectivity index (χ0n) is 13.4. The summed E-state index contributed by atoms with van der Waals surface area (Å²) in [5.74, 6) is 0.826. The van der Waals surface area contributed by atoms with Gasteiger partial charge in [0.1, 0.15) is 5.75 Å². The third-order valence-corrected chi connectivity index (χ3v) is 3.95. The second-order valence-electron chi connectivity index (χ2n) is 5.93. The van der Waals surface area contributed by atoms with Crippen molar-refractivity contribution in [2.75, 3.05) is 11.9 Å². The van der Waals surface area contributed by atoms with Crippen molar-refractivity contribution in [3.63, 3.8) is 0 Å². The molecule has 1 aromatic rings. The molecule has 2 amide bonds. The molecule has 5 heteroatoms. The topological polar surface area (TPSA) is 70.6 Å². The average molecular weight is 306 g/mol. The smallest absolute Gasteiger partial charge is 0.319 e. The fourth-order valence-electron chi connectivity index (χ4n) is 2.65. The van der Waals surface area contributed by atoms with E-state index < -0.39 is 0 Å². The number of nitrogens with one attached hydrogen (secondary N) is 2. The Balaban J connectivity index is 1.85. The van der Waals surface area contributed by atoms with Crippen LogP contribution in [-0.4, -0.2) is 29.9 Å². The van der Waals surface area contributed by atoms with Crippen molar-refractivity contribution >= 4 is 11.7 Å². The Labute approximate surface area is 132 Å². The van der Waals surface area contributed by atoms with Crippen LogP contribution in [0.5, 0.6) is 5.75 Å². The van der Waals surface area contributed by atoms with Gasteiger partial charge in [0.25, 0.3) is 0 Å². The molecule has 0 spiro atoms. The first-order chi connectivity index (χ1) is 10.6. The lowest BCUT2D eigenvalue weighted by molar-refractivity contribution is 0.118. The van der Waals surface area contributed by atoms with E-state index in [1.165, 1.54) is 0 Å². The highest BCUT2D eigenvalue weighted by Gasteiger charge is 2.20. The first-order valence-electron chi connectivity index (χ1n) is 8.07. The van der Waals surface area contributed by atoms with Crippen LogP contribution in [0.4, 0.5) is 10.5 Å². The summed E-state index contributed by atoms with van der Waals surface area (Å²) in [4.78, 5) is 12.1. The SMILES string of the molecule is CCCOc1ccc(NC(=O)NC2CCC(O)CC2)c(C)c1. The van der Waals surface area contributed by atoms with Gasteiger partial charge in [0.05, 0.1) is 12.7 Å². The van der Waals surface area contributed by atoms with E-state index in [1.807, 2.05) is 25.1 Å². The fraction of sp³-hybridized carbons (Fsp3) is 0.588. The maximum absolute atomic E-state index is 12.1. The fourth-order valence-corrected chi connectivity index (χ4v) is 2.65. The quantitative estimate of drug-likeness (QED) is 0.782. The number of hydrogen-bond acceptors (Lipinski definition) is 3. The summed E-state index contributed by atoms with van der Waals surface area (Å²) in [5, 5.41) is 15.3. The summed E-state index contributed by atoms with van der Waals surface area (Å²) in [6, 6.07) is 5.63. The molecule has 122 valence electrons. The Morgan fingerprint density at radius 2 is 2.05 bits per heavy atom. The summed E-state index contributed by atoms with van der Waals surface area (Å²) >= 11 is 0. The minimum absolute atomic E-state index is 0.149. The van der Waals surface area contributed by atoms with Gasteiger partial charge in [-0.3, -0.25) is 0 Å². The minimum Gasteiger partial charge on any atom is -0.494 e. The van der Waals surface area contributed by atoms with Crippen molar-refractivity contribution in [3.8, 4) is 5.75 Å². The molecule has 0 saturated heterocycles. The normalized spacial score (nSPS) is 21.2. The molecule has 1 aliphatic rings. The molecule has 0 aliphatic heterocycles. The van der Waals surface area contributed by atoms with Gasteiger partial charge in [0, 0.05) is 11.7 Å². The third kappa shape index (κ3) is 4.91. The van der Waals surface area contributed by atoms with E-state index in [4.69, 9.17) is 4.74 Å². The van der Waals surface area contributed by atoms with Gasteiger partial charge in [-0.25, -0.2) is 4.79 Å². The van der Waals surface area contributed by atoms with Gasteiger partial charge < -0.3 is 20.5 Å². The van der Waals surface area contributed by atoms with Gasteiger partial charge in [-0.1, -0.05) is 6.92 Å². The average Bonchev–Trinajstić information content (AvgIpc) is 2.50. The second-order valence-corrected chi connectivity index (χ2v) is 5.93. The number of aliphatic hydroxyl groups is 1. The molecule has 2 rings (SSSR count). The lowest BCUT2D eigenvalue weighted by Crippen LogP contribution is -2.41. The van der Waals surface area contributed by atoms with E-state index in [0.29, 0.717) is 6.61 Å². The number of ether oxygens (including phenoxy) is 1. The highest BCUT2D eigenvalue weighted by atomic mass is 16.5. The van der Waals surface area contributed by atoms with Crippen molar-refractivity contribution in [1.29, 1.82) is 0 Å². The van der Waals surface area contributed by atoms with E-state index in [2.05, 4.69) is 17.6 Å². The number of rotatable bonds is 5. The largest absolute Gasteiger partial charge is 0.494 e. The lowest BCUT2D eigenvalue weighted by Gasteiger charge is -2.26. The predicted molar refractivity (Wildman–Crippen MR) is 87.4 cm³/mol. The number of aryl methyl sites for hydroxylation is 1. The Bertz CT molecular complexity index is 497. The van der Waals surface area contributed by atoms with E-state index >= 15 is 0 Å². The molecule has 0 bridgehead atoms. The van der Waals surface area contributed by atoms with E-state index in [1.54, 1.807) is 0 Å². The number of aliphatic hydroxyl groups excluding tert-OH is 1. The van der Waals surface area contributed by atoms with Crippen LogP contribution in [0.25, 0.3) is 0 Å². The van der Waals surface area contributed by atoms with Crippen LogP contribution in [-0.2, 0) is 0 Å². The molecule has 1 aromatic carbocycles. The van der Waals surface area contributed by atoms with Crippen molar-refractivity contribution < 1.29 is 14.6 Å². The van der Waals surface area contributed by atoms with E-state index in [9.17, 15) is 9.90 Å². The van der Waals surface area contributed by atoms with E-state index in [-0.39, 0.29) is 18.2 Å². The third-order valence-electron chi connectivity index (χ3n) is 3.95. The monoisotopic (exact) mass is 306 g/mol. The molecule has 1 fully saturated rings. The first kappa shape index (κ1) is 16.6. The van der Waals surface area contributed by atoms with Gasteiger partial charge in [0.2, 0.25) is 0 Å². The standard InChI is InChI=1S/C17H26N2O3/c1-3-10-22-15-8-9-16(12(2)11-15)19-17(21)18-13-4-6-14(20)7-5-13/h8-9,11,13-14,20H,3-7,10H2,1-2H3,(H2,18,19,21). The van der Waals surface area contributed by atoms with Gasteiger partial charge in [-0.05, 0) is 62.8 Å². The maximum Gasteiger partial charge on any atom is 0.319 e. The van der Waals surface area contributed by atoms with Crippen LogP contribution in [0.2, 0.25) is 0 Å². The zero-order valence-corrected chi connectivity index (χ0v) is 13.4. The number of benzene rings is 1. The van der Waals surface area contributed by atoms with Crippen LogP contribution < -0.4 is 15.4 Å². The molecule has 3 N–H and O–H groups in total. The number of anilines is 1. The molecule has 1 aliphatic carbocycles. The van der Waals surface area contributed by atoms with Crippen LogP contribution in [0.1, 0.15) is 44.6 Å². The zero-order chi connectivity index (χ0) is 15.9. The minimum atomic E-state index is -0.209. The molecule has 0 heterocycles. The molecule has 5 nitrogen and oxygen atoms in total. The summed E-state index contributed by atoms with van der Waals surface area (Å²) in [6.45, 7) is 4.71. The Morgan fingerprint density at radius 3 is 2.68 bits per heavy atom. The Kier molecular flexibility index (Phi) is 6.07. The molecule has 0 unspecified atom stereocenters. The highest BCUT2D eigenvalue weighted by molar-refractivity contribution is 5.90. The summed E-state index contributed by atoms with van der Waals surface area (Å²) < 4.78 is 5.58. The number of carbonyl (C=O) groups is 1. The lowest BCUT2D eigenvalue weighted by atomic mass is 9.93. The van der Waals surface area contributed by atoms with Crippen molar-refractivity contribution in [2.24, 2.45) is 0 Å². The van der Waals surface area contributed by atoms with Gasteiger partial charge in [-0.2, -0.15) is 0 Å². The van der Waals surface area contributed by atoms with Crippen LogP contribution in [0.3, 0.4) is 0 Å². The maximum atomic E-state index is 12.1. The molecule has 22 heavy (non-hydrogen) atoms. The van der Waals surface area contributed by atoms with Crippen molar-refractivity contribution in [1.82, 2.24) is 5.32 Å². The number of carbonyl (C=O) groups excluding carboxylic acids is 1. The van der Waals surface area contributed by atoms with Gasteiger partial charge in [0.15, 0.2) is 0 Å². The summed E-state index contributed by atoms with van der Waals surface area (Å²) in [7, 11) is 0. The van der Waals surface area contributed by atoms with Crippen LogP contribution in [0.15, 0.2) is 18.2 Å². The summed E-state index contributed by atoms with van der Waals surface area (Å²) in [6.07, 6.45) is 3.94. The van der Waals surface area contributed by atoms with Crippen LogP contribution in [0, 0.1) is 6.92 Å². The predicted octanol–water partition coefficient (Wildman–Crippen LogP) is 3.21. The Hall–Kier alpha value is -1.75. The summed E-state index contributed by atoms with van der Waals surface area (Å²) in [5.41, 5.74) is 1.76. The number of amides is 2. The van der Waals surface area contributed by atoms with Crippen molar-refractivity contribution in [2.45, 2.75) is 58.1 Å². The first-order valence-corrected chi connectivity index (χ1v) is 8.07. The van der Waals surface area contributed by atoms with Crippen LogP contribution >= 0.6 is 0 Å². The Morgan fingerprint density at radius 1 is 1.32 bits per heavy atom. The van der Waals surface area contributed by atoms with Crippen molar-refractivity contribution in [3.05, 3.63) is 23.8 Å². The molecule has 0 radical (unpaired) electrons. The van der Waals surface area contributed by atoms with Gasteiger partial charge in [-0.15, -0.1) is 0 Å². The molecular formula is C17H26N2O3. The highest BCUT2D eigenvalue weighted by Crippen LogP contribution is 2.22. The number of hydrogen-bond donors (Lipinski definition) is 3. The van der Waals surface area contributed by atoms with Gasteiger partial charge >= 0.3 is 6.03 Å². The molecule has 0 aromatic heterocycles.